The lowest BCUT2D eigenvalue weighted by Crippen LogP contribution is -2.56. The van der Waals surface area contributed by atoms with Gasteiger partial charge in [0.15, 0.2) is 0 Å². The van der Waals surface area contributed by atoms with Crippen molar-refractivity contribution in [2.75, 3.05) is 13.3 Å². The summed E-state index contributed by atoms with van der Waals surface area (Å²) in [7, 11) is 0. The molecule has 66 valence electrons. The van der Waals surface area contributed by atoms with E-state index in [1.54, 1.807) is 0 Å². The van der Waals surface area contributed by atoms with Crippen LogP contribution in [0.15, 0.2) is 0 Å². The highest BCUT2D eigenvalue weighted by atomic mass is 16.6. The molecule has 0 aromatic rings. The average molecular weight is 158 g/mol. The van der Waals surface area contributed by atoms with Gasteiger partial charge >= 0.3 is 0 Å². The van der Waals surface area contributed by atoms with Gasteiger partial charge in [-0.25, -0.2) is 0 Å². The van der Waals surface area contributed by atoms with Gasteiger partial charge in [0.25, 0.3) is 0 Å². The quantitative estimate of drug-likeness (QED) is 0.625. The van der Waals surface area contributed by atoms with E-state index in [0.717, 1.165) is 19.7 Å². The maximum atomic E-state index is 5.17. The van der Waals surface area contributed by atoms with Gasteiger partial charge in [-0.1, -0.05) is 13.8 Å². The molecular formula is C8H18N2O. The normalized spacial score (nSPS) is 32.7. The van der Waals surface area contributed by atoms with Crippen LogP contribution in [0.25, 0.3) is 0 Å². The smallest absolute Gasteiger partial charge is 0.0862 e. The van der Waals surface area contributed by atoms with E-state index in [1.807, 2.05) is 0 Å². The highest BCUT2D eigenvalue weighted by Gasteiger charge is 2.27. The maximum absolute atomic E-state index is 5.17. The zero-order valence-electron chi connectivity index (χ0n) is 7.61. The van der Waals surface area contributed by atoms with E-state index < -0.39 is 0 Å². The molecule has 0 amide bonds. The summed E-state index contributed by atoms with van der Waals surface area (Å²) < 4.78 is 0. The predicted octanol–water partition coefficient (Wildman–Crippen LogP) is 0.873. The van der Waals surface area contributed by atoms with Crippen LogP contribution in [0.5, 0.6) is 0 Å². The minimum atomic E-state index is 0.166. The standard InChI is InChI=1S/C8H18N2O/c1-7(2)4-8(3)5-11-10-6-9-8/h7,9-10H,4-6H2,1-3H3. The summed E-state index contributed by atoms with van der Waals surface area (Å²) in [6, 6.07) is 0. The minimum absolute atomic E-state index is 0.166. The third-order valence-corrected chi connectivity index (χ3v) is 1.94. The monoisotopic (exact) mass is 158 g/mol. The Morgan fingerprint density at radius 1 is 1.55 bits per heavy atom. The number of hydrogen-bond acceptors (Lipinski definition) is 3. The van der Waals surface area contributed by atoms with E-state index in [2.05, 4.69) is 31.6 Å². The van der Waals surface area contributed by atoms with Crippen molar-refractivity contribution in [3.8, 4) is 0 Å². The van der Waals surface area contributed by atoms with Crippen LogP contribution in [0.2, 0.25) is 0 Å². The van der Waals surface area contributed by atoms with E-state index in [1.165, 1.54) is 0 Å². The molecule has 0 spiro atoms. The Hall–Kier alpha value is -0.120. The Morgan fingerprint density at radius 3 is 2.73 bits per heavy atom. The zero-order valence-corrected chi connectivity index (χ0v) is 7.61. The molecule has 1 heterocycles. The highest BCUT2D eigenvalue weighted by molar-refractivity contribution is 4.84. The minimum Gasteiger partial charge on any atom is -0.299 e. The summed E-state index contributed by atoms with van der Waals surface area (Å²) in [6.45, 7) is 8.17. The molecule has 1 aliphatic heterocycles. The molecule has 1 aliphatic rings. The van der Waals surface area contributed by atoms with Crippen molar-refractivity contribution < 1.29 is 4.84 Å². The average Bonchev–Trinajstić information content (AvgIpc) is 1.85. The van der Waals surface area contributed by atoms with Gasteiger partial charge in [-0.3, -0.25) is 10.2 Å². The van der Waals surface area contributed by atoms with E-state index >= 15 is 0 Å². The van der Waals surface area contributed by atoms with Gasteiger partial charge in [-0.15, -0.1) is 0 Å². The van der Waals surface area contributed by atoms with Crippen molar-refractivity contribution in [2.45, 2.75) is 32.7 Å². The van der Waals surface area contributed by atoms with Crippen LogP contribution in [0.3, 0.4) is 0 Å². The van der Waals surface area contributed by atoms with Crippen molar-refractivity contribution in [2.24, 2.45) is 5.92 Å². The Kier molecular flexibility index (Phi) is 2.87. The summed E-state index contributed by atoms with van der Waals surface area (Å²) in [6.07, 6.45) is 1.16. The molecule has 0 radical (unpaired) electrons. The fourth-order valence-electron chi connectivity index (χ4n) is 1.59. The van der Waals surface area contributed by atoms with Crippen LogP contribution in [0, 0.1) is 5.92 Å². The molecular weight excluding hydrogens is 140 g/mol. The second-order valence-corrected chi connectivity index (χ2v) is 3.95. The number of nitrogens with one attached hydrogen (secondary N) is 2. The molecule has 0 bridgehead atoms. The molecule has 0 aliphatic carbocycles. The van der Waals surface area contributed by atoms with Gasteiger partial charge in [-0.05, 0) is 19.3 Å². The Labute approximate surface area is 68.5 Å². The first-order chi connectivity index (χ1) is 5.12. The topological polar surface area (TPSA) is 33.3 Å². The molecule has 2 N–H and O–H groups in total. The van der Waals surface area contributed by atoms with Crippen molar-refractivity contribution >= 4 is 0 Å². The molecule has 1 rings (SSSR count). The van der Waals surface area contributed by atoms with Crippen molar-refractivity contribution in [3.05, 3.63) is 0 Å². The second kappa shape index (κ2) is 3.52. The molecule has 1 atom stereocenters. The predicted molar refractivity (Wildman–Crippen MR) is 45.0 cm³/mol. The lowest BCUT2D eigenvalue weighted by Gasteiger charge is -2.36. The lowest BCUT2D eigenvalue weighted by molar-refractivity contribution is -0.0489. The molecule has 3 heteroatoms. The first-order valence-electron chi connectivity index (χ1n) is 4.22. The summed E-state index contributed by atoms with van der Waals surface area (Å²) in [4.78, 5) is 5.17. The summed E-state index contributed by atoms with van der Waals surface area (Å²) in [5.41, 5.74) is 2.97. The Morgan fingerprint density at radius 2 is 2.27 bits per heavy atom. The number of hydroxylamine groups is 1. The SMILES string of the molecule is CC(C)CC1(C)CONCN1. The van der Waals surface area contributed by atoms with Crippen LogP contribution in [0.1, 0.15) is 27.2 Å². The van der Waals surface area contributed by atoms with Gasteiger partial charge < -0.3 is 0 Å². The highest BCUT2D eigenvalue weighted by Crippen LogP contribution is 2.17. The molecule has 1 fully saturated rings. The molecule has 1 saturated heterocycles. The molecule has 0 saturated carbocycles. The third kappa shape index (κ3) is 2.77. The van der Waals surface area contributed by atoms with Gasteiger partial charge in [0.2, 0.25) is 0 Å². The number of rotatable bonds is 2. The molecule has 11 heavy (non-hydrogen) atoms. The number of hydrogen-bond donors (Lipinski definition) is 2. The van der Waals surface area contributed by atoms with Gasteiger partial charge in [-0.2, -0.15) is 5.48 Å². The van der Waals surface area contributed by atoms with E-state index in [0.29, 0.717) is 5.92 Å². The van der Waals surface area contributed by atoms with Gasteiger partial charge in [0.1, 0.15) is 0 Å². The van der Waals surface area contributed by atoms with Gasteiger partial charge in [0, 0.05) is 5.54 Å². The van der Waals surface area contributed by atoms with Crippen LogP contribution >= 0.6 is 0 Å². The summed E-state index contributed by atoms with van der Waals surface area (Å²) in [5, 5.41) is 3.39. The first kappa shape index (κ1) is 8.97. The second-order valence-electron chi connectivity index (χ2n) is 3.95. The largest absolute Gasteiger partial charge is 0.299 e. The summed E-state index contributed by atoms with van der Waals surface area (Å²) >= 11 is 0. The van der Waals surface area contributed by atoms with E-state index in [4.69, 9.17) is 4.84 Å². The fraction of sp³-hybridized carbons (Fsp3) is 1.00. The van der Waals surface area contributed by atoms with E-state index in [-0.39, 0.29) is 5.54 Å². The zero-order chi connectivity index (χ0) is 8.32. The third-order valence-electron chi connectivity index (χ3n) is 1.94. The van der Waals surface area contributed by atoms with Crippen LogP contribution in [-0.4, -0.2) is 18.8 Å². The molecule has 1 unspecified atom stereocenters. The van der Waals surface area contributed by atoms with Crippen LogP contribution in [-0.2, 0) is 4.84 Å². The van der Waals surface area contributed by atoms with Crippen molar-refractivity contribution in [3.63, 3.8) is 0 Å². The Balaban J connectivity index is 2.37. The maximum Gasteiger partial charge on any atom is 0.0862 e. The van der Waals surface area contributed by atoms with Crippen molar-refractivity contribution in [1.82, 2.24) is 10.8 Å². The molecule has 3 nitrogen and oxygen atoms in total. The summed E-state index contributed by atoms with van der Waals surface area (Å²) in [5.74, 6) is 0.717. The lowest BCUT2D eigenvalue weighted by atomic mass is 9.91. The fourth-order valence-corrected chi connectivity index (χ4v) is 1.59. The van der Waals surface area contributed by atoms with E-state index in [9.17, 15) is 0 Å². The van der Waals surface area contributed by atoms with Gasteiger partial charge in [0.05, 0.1) is 13.3 Å². The molecule has 0 aromatic carbocycles. The van der Waals surface area contributed by atoms with Crippen molar-refractivity contribution in [1.29, 1.82) is 0 Å². The van der Waals surface area contributed by atoms with Crippen LogP contribution in [0.4, 0.5) is 0 Å². The Bertz CT molecular complexity index is 119. The first-order valence-corrected chi connectivity index (χ1v) is 4.22. The van der Waals surface area contributed by atoms with Crippen LogP contribution < -0.4 is 10.8 Å². The molecule has 0 aromatic heterocycles.